The summed E-state index contributed by atoms with van der Waals surface area (Å²) in [6.45, 7) is 1.63. The van der Waals surface area contributed by atoms with Gasteiger partial charge in [-0.2, -0.15) is 0 Å². The van der Waals surface area contributed by atoms with E-state index >= 15 is 0 Å². The molecule has 4 aromatic rings. The van der Waals surface area contributed by atoms with E-state index in [4.69, 9.17) is 27.9 Å². The van der Waals surface area contributed by atoms with E-state index < -0.39 is 11.8 Å². The molecule has 38 heavy (non-hydrogen) atoms. The third-order valence-corrected chi connectivity index (χ3v) is 7.35. The Morgan fingerprint density at radius 1 is 1.00 bits per heavy atom. The smallest absolute Gasteiger partial charge is 0.259 e. The minimum Gasteiger partial charge on any atom is -0.497 e. The van der Waals surface area contributed by atoms with Crippen molar-refractivity contribution in [2.75, 3.05) is 34.3 Å². The third kappa shape index (κ3) is 4.49. The molecular formula is C28H26Cl2N4O4. The van der Waals surface area contributed by atoms with Crippen molar-refractivity contribution < 1.29 is 19.1 Å². The maximum absolute atomic E-state index is 13.2. The molecule has 0 fully saturated rings. The van der Waals surface area contributed by atoms with Gasteiger partial charge in [-0.25, -0.2) is 0 Å². The SMILES string of the molecule is COc1ccc2c(c1)c1c3c(c(-c4c(Cl)cccc4Cl)cc1n2CCC(=O)NCCN(C)C)C(=O)NC3=O. The monoisotopic (exact) mass is 552 g/mol. The van der Waals surface area contributed by atoms with Crippen LogP contribution in [0.5, 0.6) is 5.75 Å². The first kappa shape index (κ1) is 26.0. The fourth-order valence-corrected chi connectivity index (χ4v) is 5.57. The Kier molecular flexibility index (Phi) is 7.05. The second kappa shape index (κ2) is 10.3. The van der Waals surface area contributed by atoms with Gasteiger partial charge in [-0.05, 0) is 50.5 Å². The molecule has 0 radical (unpaired) electrons. The number of imide groups is 1. The highest BCUT2D eigenvalue weighted by Crippen LogP contribution is 2.44. The van der Waals surface area contributed by atoms with E-state index in [1.165, 1.54) is 0 Å². The van der Waals surface area contributed by atoms with Gasteiger partial charge in [0.15, 0.2) is 0 Å². The van der Waals surface area contributed by atoms with E-state index in [0.717, 1.165) is 17.4 Å². The lowest BCUT2D eigenvalue weighted by Crippen LogP contribution is -2.31. The van der Waals surface area contributed by atoms with Crippen molar-refractivity contribution in [3.8, 4) is 16.9 Å². The lowest BCUT2D eigenvalue weighted by molar-refractivity contribution is -0.121. The second-order valence-electron chi connectivity index (χ2n) is 9.39. The molecule has 0 bridgehead atoms. The Hall–Kier alpha value is -3.59. The van der Waals surface area contributed by atoms with Gasteiger partial charge in [-0.3, -0.25) is 19.7 Å². The number of fused-ring (bicyclic) bond motifs is 5. The molecule has 1 aliphatic heterocycles. The largest absolute Gasteiger partial charge is 0.497 e. The maximum Gasteiger partial charge on any atom is 0.259 e. The van der Waals surface area contributed by atoms with Gasteiger partial charge in [0.25, 0.3) is 11.8 Å². The van der Waals surface area contributed by atoms with E-state index in [-0.39, 0.29) is 23.5 Å². The van der Waals surface area contributed by atoms with Crippen molar-refractivity contribution >= 4 is 62.7 Å². The summed E-state index contributed by atoms with van der Waals surface area (Å²) >= 11 is 13.1. The number of methoxy groups -OCH3 is 1. The fraction of sp³-hybridized carbons (Fsp3) is 0.250. The first-order valence-electron chi connectivity index (χ1n) is 12.1. The molecule has 1 aliphatic rings. The van der Waals surface area contributed by atoms with Crippen LogP contribution < -0.4 is 15.4 Å². The number of ether oxygens (including phenoxy) is 1. The highest BCUT2D eigenvalue weighted by Gasteiger charge is 2.35. The van der Waals surface area contributed by atoms with Crippen LogP contribution in [0.3, 0.4) is 0 Å². The molecule has 10 heteroatoms. The molecule has 3 amide bonds. The predicted octanol–water partition coefficient (Wildman–Crippen LogP) is 4.73. The number of amides is 3. The van der Waals surface area contributed by atoms with Crippen molar-refractivity contribution in [1.82, 2.24) is 20.1 Å². The Labute approximate surface area is 229 Å². The van der Waals surface area contributed by atoms with E-state index in [0.29, 0.717) is 50.9 Å². The zero-order chi connectivity index (χ0) is 27.1. The number of likely N-dealkylation sites (N-methyl/N-ethyl adjacent to an activating group) is 1. The van der Waals surface area contributed by atoms with Crippen molar-refractivity contribution in [2.45, 2.75) is 13.0 Å². The number of nitrogens with one attached hydrogen (secondary N) is 2. The van der Waals surface area contributed by atoms with Crippen LogP contribution in [0.1, 0.15) is 27.1 Å². The van der Waals surface area contributed by atoms with Crippen molar-refractivity contribution in [3.63, 3.8) is 0 Å². The molecule has 1 aromatic heterocycles. The molecule has 0 aliphatic carbocycles. The molecule has 5 rings (SSSR count). The summed E-state index contributed by atoms with van der Waals surface area (Å²) in [6.07, 6.45) is 0.225. The third-order valence-electron chi connectivity index (χ3n) is 6.72. The van der Waals surface area contributed by atoms with E-state index in [1.54, 1.807) is 25.3 Å². The average Bonchev–Trinajstić information content (AvgIpc) is 3.34. The van der Waals surface area contributed by atoms with Crippen LogP contribution >= 0.6 is 23.2 Å². The van der Waals surface area contributed by atoms with Crippen LogP contribution in [0.2, 0.25) is 10.0 Å². The van der Waals surface area contributed by atoms with Crippen LogP contribution in [0.4, 0.5) is 0 Å². The highest BCUT2D eigenvalue weighted by atomic mass is 35.5. The molecular weight excluding hydrogens is 527 g/mol. The van der Waals surface area contributed by atoms with Crippen LogP contribution in [-0.4, -0.2) is 61.5 Å². The summed E-state index contributed by atoms with van der Waals surface area (Å²) in [7, 11) is 5.46. The number of carbonyl (C=O) groups is 3. The van der Waals surface area contributed by atoms with Gasteiger partial charge >= 0.3 is 0 Å². The number of nitrogens with zero attached hydrogens (tertiary/aromatic N) is 2. The summed E-state index contributed by atoms with van der Waals surface area (Å²) in [5.41, 5.74) is 2.89. The summed E-state index contributed by atoms with van der Waals surface area (Å²) in [4.78, 5) is 40.9. The molecule has 0 saturated carbocycles. The summed E-state index contributed by atoms with van der Waals surface area (Å²) in [5, 5.41) is 7.44. The van der Waals surface area contributed by atoms with Crippen molar-refractivity contribution in [2.24, 2.45) is 0 Å². The molecule has 196 valence electrons. The second-order valence-corrected chi connectivity index (χ2v) is 10.2. The Morgan fingerprint density at radius 3 is 2.39 bits per heavy atom. The first-order chi connectivity index (χ1) is 18.2. The van der Waals surface area contributed by atoms with Crippen LogP contribution in [0.25, 0.3) is 32.9 Å². The number of halogens is 2. The zero-order valence-corrected chi connectivity index (χ0v) is 22.7. The van der Waals surface area contributed by atoms with Crippen LogP contribution in [0.15, 0.2) is 42.5 Å². The van der Waals surface area contributed by atoms with Gasteiger partial charge in [0.1, 0.15) is 5.75 Å². The van der Waals surface area contributed by atoms with Crippen LogP contribution in [0, 0.1) is 0 Å². The van der Waals surface area contributed by atoms with E-state index in [9.17, 15) is 14.4 Å². The van der Waals surface area contributed by atoms with E-state index in [2.05, 4.69) is 10.6 Å². The number of aromatic nitrogens is 1. The minimum absolute atomic E-state index is 0.0844. The predicted molar refractivity (Wildman–Crippen MR) is 149 cm³/mol. The average molecular weight is 553 g/mol. The van der Waals surface area contributed by atoms with Gasteiger partial charge in [-0.15, -0.1) is 0 Å². The molecule has 2 heterocycles. The lowest BCUT2D eigenvalue weighted by Gasteiger charge is -2.14. The zero-order valence-electron chi connectivity index (χ0n) is 21.2. The quantitative estimate of drug-likeness (QED) is 0.308. The summed E-state index contributed by atoms with van der Waals surface area (Å²) in [5.74, 6) is -0.487. The van der Waals surface area contributed by atoms with Crippen molar-refractivity contribution in [3.05, 3.63) is 63.6 Å². The number of hydrogen-bond acceptors (Lipinski definition) is 5. The Bertz CT molecular complexity index is 1610. The van der Waals surface area contributed by atoms with Gasteiger partial charge in [0, 0.05) is 63.5 Å². The van der Waals surface area contributed by atoms with Gasteiger partial charge in [-0.1, -0.05) is 29.3 Å². The molecule has 0 saturated heterocycles. The van der Waals surface area contributed by atoms with Gasteiger partial charge in [0.05, 0.1) is 23.8 Å². The molecule has 3 aromatic carbocycles. The minimum atomic E-state index is -0.512. The number of carbonyl (C=O) groups excluding carboxylic acids is 3. The Balaban J connectivity index is 1.74. The number of rotatable bonds is 8. The van der Waals surface area contributed by atoms with Crippen LogP contribution in [-0.2, 0) is 11.3 Å². The topological polar surface area (TPSA) is 92.7 Å². The normalized spacial score (nSPS) is 12.9. The first-order valence-corrected chi connectivity index (χ1v) is 12.8. The molecule has 0 spiro atoms. The molecule has 0 atom stereocenters. The summed E-state index contributed by atoms with van der Waals surface area (Å²) in [6, 6.07) is 12.5. The Morgan fingerprint density at radius 2 is 1.71 bits per heavy atom. The standard InChI is InChI=1S/C28H26Cl2N4O4/c1-33(2)12-10-31-22(35)9-11-34-20-8-7-15(38-3)13-16(20)24-21(34)14-17(23-18(29)5-4-6-19(23)30)25-26(24)28(37)32-27(25)36/h4-8,13-14H,9-12H2,1-3H3,(H,31,35)(H,32,36,37). The molecule has 0 unspecified atom stereocenters. The number of benzene rings is 3. The van der Waals surface area contributed by atoms with E-state index in [1.807, 2.05) is 47.8 Å². The number of aryl methyl sites for hydroxylation is 1. The fourth-order valence-electron chi connectivity index (χ4n) is 4.97. The number of hydrogen-bond donors (Lipinski definition) is 2. The molecule has 8 nitrogen and oxygen atoms in total. The molecule has 2 N–H and O–H groups in total. The van der Waals surface area contributed by atoms with Gasteiger partial charge < -0.3 is 19.5 Å². The van der Waals surface area contributed by atoms with Crippen molar-refractivity contribution in [1.29, 1.82) is 0 Å². The summed E-state index contributed by atoms with van der Waals surface area (Å²) < 4.78 is 7.44. The van der Waals surface area contributed by atoms with Gasteiger partial charge in [0.2, 0.25) is 5.91 Å². The maximum atomic E-state index is 13.2. The highest BCUT2D eigenvalue weighted by molar-refractivity contribution is 6.41. The lowest BCUT2D eigenvalue weighted by atomic mass is 9.92.